The average Bonchev–Trinajstić information content (AvgIpc) is 2.71. The lowest BCUT2D eigenvalue weighted by atomic mass is 10.00. The van der Waals surface area contributed by atoms with Gasteiger partial charge in [0.15, 0.2) is 18.1 Å². The van der Waals surface area contributed by atoms with Gasteiger partial charge >= 0.3 is 0 Å². The summed E-state index contributed by atoms with van der Waals surface area (Å²) in [6.07, 6.45) is 0. The summed E-state index contributed by atoms with van der Waals surface area (Å²) >= 11 is 0. The van der Waals surface area contributed by atoms with E-state index in [1.807, 2.05) is 49.4 Å². The van der Waals surface area contributed by atoms with Gasteiger partial charge in [0.05, 0.1) is 24.1 Å². The minimum absolute atomic E-state index is 0.139. The molecule has 3 rings (SSSR count). The van der Waals surface area contributed by atoms with E-state index in [1.165, 1.54) is 25.3 Å². The molecule has 0 unspecified atom stereocenters. The standard InChI is InChI=1S/C21H20N2O5/c1-14(17-9-5-7-15-6-3-4-8-18(15)17)22-21(24)13-28-20-12-16(23(25)26)10-11-19(20)27-2/h3-12,14H,13H2,1-2H3,(H,22,24)/t14-/m0/s1. The molecule has 1 amide bonds. The van der Waals surface area contributed by atoms with Crippen molar-refractivity contribution in [1.29, 1.82) is 0 Å². The Bertz CT molecular complexity index is 1010. The van der Waals surface area contributed by atoms with Gasteiger partial charge < -0.3 is 14.8 Å². The molecular formula is C21H20N2O5. The molecule has 0 saturated heterocycles. The number of rotatable bonds is 7. The molecule has 7 nitrogen and oxygen atoms in total. The van der Waals surface area contributed by atoms with E-state index in [1.54, 1.807) is 0 Å². The van der Waals surface area contributed by atoms with Crippen molar-refractivity contribution in [2.24, 2.45) is 0 Å². The summed E-state index contributed by atoms with van der Waals surface area (Å²) in [4.78, 5) is 22.7. The maximum atomic E-state index is 12.3. The van der Waals surface area contributed by atoms with E-state index in [-0.39, 0.29) is 30.0 Å². The molecule has 0 heterocycles. The Hall–Kier alpha value is -3.61. The lowest BCUT2D eigenvalue weighted by Gasteiger charge is -2.17. The highest BCUT2D eigenvalue weighted by Crippen LogP contribution is 2.31. The maximum absolute atomic E-state index is 12.3. The van der Waals surface area contributed by atoms with Crippen LogP contribution in [0.4, 0.5) is 5.69 Å². The van der Waals surface area contributed by atoms with Crippen LogP contribution in [0.3, 0.4) is 0 Å². The largest absolute Gasteiger partial charge is 0.493 e. The van der Waals surface area contributed by atoms with E-state index in [0.29, 0.717) is 5.75 Å². The van der Waals surface area contributed by atoms with Gasteiger partial charge in [-0.2, -0.15) is 0 Å². The summed E-state index contributed by atoms with van der Waals surface area (Å²) in [5, 5.41) is 16.0. The van der Waals surface area contributed by atoms with E-state index in [4.69, 9.17) is 9.47 Å². The summed E-state index contributed by atoms with van der Waals surface area (Å²) in [6, 6.07) is 17.7. The summed E-state index contributed by atoms with van der Waals surface area (Å²) in [5.74, 6) is 0.124. The third-order valence-electron chi connectivity index (χ3n) is 4.38. The number of hydrogen-bond donors (Lipinski definition) is 1. The zero-order valence-electron chi connectivity index (χ0n) is 15.5. The fraction of sp³-hybridized carbons (Fsp3) is 0.190. The summed E-state index contributed by atoms with van der Waals surface area (Å²) in [6.45, 7) is 1.61. The molecule has 0 bridgehead atoms. The average molecular weight is 380 g/mol. The number of amides is 1. The number of hydrogen-bond acceptors (Lipinski definition) is 5. The molecule has 3 aromatic carbocycles. The van der Waals surface area contributed by atoms with Crippen molar-refractivity contribution in [1.82, 2.24) is 5.32 Å². The predicted octanol–water partition coefficient (Wildman–Crippen LogP) is 4.01. The molecule has 0 saturated carbocycles. The molecule has 3 aromatic rings. The Balaban J connectivity index is 1.69. The van der Waals surface area contributed by atoms with Crippen molar-refractivity contribution in [3.63, 3.8) is 0 Å². The molecule has 0 aliphatic rings. The number of fused-ring (bicyclic) bond motifs is 1. The second-order valence-electron chi connectivity index (χ2n) is 6.24. The Morgan fingerprint density at radius 1 is 1.11 bits per heavy atom. The first kappa shape index (κ1) is 19.2. The molecule has 28 heavy (non-hydrogen) atoms. The van der Waals surface area contributed by atoms with Crippen LogP contribution in [0.25, 0.3) is 10.8 Å². The van der Waals surface area contributed by atoms with Crippen molar-refractivity contribution >= 4 is 22.4 Å². The second kappa shape index (κ2) is 8.39. The maximum Gasteiger partial charge on any atom is 0.273 e. The third kappa shape index (κ3) is 4.20. The van der Waals surface area contributed by atoms with Crippen LogP contribution in [0.1, 0.15) is 18.5 Å². The highest BCUT2D eigenvalue weighted by molar-refractivity contribution is 5.87. The fourth-order valence-corrected chi connectivity index (χ4v) is 3.02. The Kier molecular flexibility index (Phi) is 5.74. The number of methoxy groups -OCH3 is 1. The molecule has 1 atom stereocenters. The van der Waals surface area contributed by atoms with Crippen molar-refractivity contribution in [2.45, 2.75) is 13.0 Å². The van der Waals surface area contributed by atoms with E-state index in [2.05, 4.69) is 5.32 Å². The number of nitrogens with one attached hydrogen (secondary N) is 1. The van der Waals surface area contributed by atoms with Crippen LogP contribution in [0.5, 0.6) is 11.5 Å². The third-order valence-corrected chi connectivity index (χ3v) is 4.38. The number of nitrogens with zero attached hydrogens (tertiary/aromatic N) is 1. The molecule has 0 aliphatic carbocycles. The number of ether oxygens (including phenoxy) is 2. The Labute approximate surface area is 162 Å². The normalized spacial score (nSPS) is 11.6. The minimum Gasteiger partial charge on any atom is -0.493 e. The number of nitro groups is 1. The van der Waals surface area contributed by atoms with E-state index < -0.39 is 4.92 Å². The van der Waals surface area contributed by atoms with Gasteiger partial charge in [-0.1, -0.05) is 42.5 Å². The van der Waals surface area contributed by atoms with Gasteiger partial charge in [-0.05, 0) is 29.3 Å². The van der Waals surface area contributed by atoms with Gasteiger partial charge in [-0.15, -0.1) is 0 Å². The topological polar surface area (TPSA) is 90.7 Å². The zero-order chi connectivity index (χ0) is 20.1. The monoisotopic (exact) mass is 380 g/mol. The first-order valence-electron chi connectivity index (χ1n) is 8.72. The van der Waals surface area contributed by atoms with E-state index >= 15 is 0 Å². The first-order chi connectivity index (χ1) is 13.5. The van der Waals surface area contributed by atoms with Crippen molar-refractivity contribution < 1.29 is 19.2 Å². The molecular weight excluding hydrogens is 360 g/mol. The van der Waals surface area contributed by atoms with Crippen molar-refractivity contribution in [3.8, 4) is 11.5 Å². The summed E-state index contributed by atoms with van der Waals surface area (Å²) in [5.41, 5.74) is 0.861. The SMILES string of the molecule is COc1ccc([N+](=O)[O-])cc1OCC(=O)N[C@@H](C)c1cccc2ccccc12. The molecule has 7 heteroatoms. The lowest BCUT2D eigenvalue weighted by molar-refractivity contribution is -0.385. The fourth-order valence-electron chi connectivity index (χ4n) is 3.02. The smallest absolute Gasteiger partial charge is 0.273 e. The second-order valence-corrected chi connectivity index (χ2v) is 6.24. The zero-order valence-corrected chi connectivity index (χ0v) is 15.5. The number of carbonyl (C=O) groups excluding carboxylic acids is 1. The van der Waals surface area contributed by atoms with Crippen molar-refractivity contribution in [2.75, 3.05) is 13.7 Å². The van der Waals surface area contributed by atoms with Crippen LogP contribution in [0, 0.1) is 10.1 Å². The molecule has 0 spiro atoms. The first-order valence-corrected chi connectivity index (χ1v) is 8.72. The molecule has 0 aliphatic heterocycles. The van der Waals surface area contributed by atoms with E-state index in [0.717, 1.165) is 16.3 Å². The van der Waals surface area contributed by atoms with Crippen LogP contribution < -0.4 is 14.8 Å². The number of non-ortho nitro benzene ring substituents is 1. The van der Waals surface area contributed by atoms with Gasteiger partial charge in [0.25, 0.3) is 11.6 Å². The molecule has 0 fully saturated rings. The number of carbonyl (C=O) groups is 1. The van der Waals surface area contributed by atoms with Crippen LogP contribution in [-0.4, -0.2) is 24.5 Å². The summed E-state index contributed by atoms with van der Waals surface area (Å²) < 4.78 is 10.6. The molecule has 0 aromatic heterocycles. The minimum atomic E-state index is -0.533. The van der Waals surface area contributed by atoms with Gasteiger partial charge in [0, 0.05) is 6.07 Å². The summed E-state index contributed by atoms with van der Waals surface area (Å²) in [7, 11) is 1.43. The van der Waals surface area contributed by atoms with Crippen molar-refractivity contribution in [3.05, 3.63) is 76.3 Å². The molecule has 1 N–H and O–H groups in total. The predicted molar refractivity (Wildman–Crippen MR) is 106 cm³/mol. The highest BCUT2D eigenvalue weighted by Gasteiger charge is 2.16. The lowest BCUT2D eigenvalue weighted by Crippen LogP contribution is -2.31. The van der Waals surface area contributed by atoms with Gasteiger partial charge in [-0.25, -0.2) is 0 Å². The number of nitro benzene ring substituents is 1. The quantitative estimate of drug-likeness (QED) is 0.494. The van der Waals surface area contributed by atoms with Crippen LogP contribution >= 0.6 is 0 Å². The van der Waals surface area contributed by atoms with Gasteiger partial charge in [0.1, 0.15) is 0 Å². The van der Waals surface area contributed by atoms with E-state index in [9.17, 15) is 14.9 Å². The van der Waals surface area contributed by atoms with Crippen LogP contribution in [0.2, 0.25) is 0 Å². The van der Waals surface area contributed by atoms with Crippen LogP contribution in [0.15, 0.2) is 60.7 Å². The molecule has 0 radical (unpaired) electrons. The van der Waals surface area contributed by atoms with Gasteiger partial charge in [0.2, 0.25) is 0 Å². The Morgan fingerprint density at radius 3 is 2.61 bits per heavy atom. The Morgan fingerprint density at radius 2 is 1.86 bits per heavy atom. The molecule has 144 valence electrons. The highest BCUT2D eigenvalue weighted by atomic mass is 16.6. The van der Waals surface area contributed by atoms with Gasteiger partial charge in [-0.3, -0.25) is 14.9 Å². The van der Waals surface area contributed by atoms with Crippen LogP contribution in [-0.2, 0) is 4.79 Å². The number of benzene rings is 3.